The first-order valence-electron chi connectivity index (χ1n) is 7.04. The van der Waals surface area contributed by atoms with Gasteiger partial charge in [-0.3, -0.25) is 24.5 Å². The molecule has 0 aromatic carbocycles. The molecule has 1 aromatic heterocycles. The highest BCUT2D eigenvalue weighted by Crippen LogP contribution is 2.12. The van der Waals surface area contributed by atoms with Crippen LogP contribution in [0, 0.1) is 5.92 Å². The third kappa shape index (κ3) is 4.22. The number of hydrogen-bond donors (Lipinski definition) is 1. The van der Waals surface area contributed by atoms with Gasteiger partial charge in [-0.25, -0.2) is 0 Å². The normalized spacial score (nSPS) is 19.9. The highest BCUT2D eigenvalue weighted by Gasteiger charge is 2.28. The van der Waals surface area contributed by atoms with E-state index in [0.717, 1.165) is 12.2 Å². The second-order valence-electron chi connectivity index (χ2n) is 5.21. The van der Waals surface area contributed by atoms with Crippen LogP contribution in [0.3, 0.4) is 0 Å². The van der Waals surface area contributed by atoms with Gasteiger partial charge in [0.2, 0.25) is 11.8 Å². The van der Waals surface area contributed by atoms with Crippen molar-refractivity contribution in [3.63, 3.8) is 0 Å². The summed E-state index contributed by atoms with van der Waals surface area (Å²) in [6, 6.07) is 0. The van der Waals surface area contributed by atoms with E-state index in [1.54, 1.807) is 37.5 Å². The van der Waals surface area contributed by atoms with E-state index >= 15 is 0 Å². The molecule has 1 aliphatic heterocycles. The first-order chi connectivity index (χ1) is 10.1. The highest BCUT2D eigenvalue weighted by atomic mass is 16.2. The van der Waals surface area contributed by atoms with E-state index in [0.29, 0.717) is 26.2 Å². The fourth-order valence-corrected chi connectivity index (χ4v) is 2.52. The molecule has 2 amide bonds. The molecule has 2 rings (SSSR count). The van der Waals surface area contributed by atoms with Gasteiger partial charge in [0.15, 0.2) is 0 Å². The van der Waals surface area contributed by atoms with Crippen LogP contribution < -0.4 is 5.32 Å². The molecule has 1 atom stereocenters. The van der Waals surface area contributed by atoms with Crippen LogP contribution in [0.2, 0.25) is 0 Å². The fourth-order valence-electron chi connectivity index (χ4n) is 2.52. The minimum Gasteiger partial charge on any atom is -0.359 e. The zero-order valence-corrected chi connectivity index (χ0v) is 12.5. The van der Waals surface area contributed by atoms with Gasteiger partial charge in [-0.2, -0.15) is 0 Å². The molecule has 7 nitrogen and oxygen atoms in total. The molecule has 1 fully saturated rings. The lowest BCUT2D eigenvalue weighted by molar-refractivity contribution is -0.130. The molecule has 2 heterocycles. The second kappa shape index (κ2) is 7.12. The van der Waals surface area contributed by atoms with Crippen LogP contribution in [0.5, 0.6) is 0 Å². The summed E-state index contributed by atoms with van der Waals surface area (Å²) in [6.07, 6.45) is 5.02. The molecule has 114 valence electrons. The predicted molar refractivity (Wildman–Crippen MR) is 77.1 cm³/mol. The zero-order valence-electron chi connectivity index (χ0n) is 12.5. The topological polar surface area (TPSA) is 78.4 Å². The summed E-state index contributed by atoms with van der Waals surface area (Å²) in [4.78, 5) is 35.8. The third-order valence-corrected chi connectivity index (χ3v) is 3.67. The van der Waals surface area contributed by atoms with E-state index in [1.807, 2.05) is 0 Å². The maximum Gasteiger partial charge on any atom is 0.225 e. The summed E-state index contributed by atoms with van der Waals surface area (Å²) in [5.41, 5.74) is 0.865. The number of nitrogens with one attached hydrogen (secondary N) is 1. The van der Waals surface area contributed by atoms with Crippen LogP contribution in [-0.4, -0.2) is 64.8 Å². The molecule has 0 spiro atoms. The number of nitrogens with zero attached hydrogens (tertiary/aromatic N) is 4. The van der Waals surface area contributed by atoms with Gasteiger partial charge >= 0.3 is 0 Å². The molecule has 1 N–H and O–H groups in total. The van der Waals surface area contributed by atoms with E-state index in [1.165, 1.54) is 0 Å². The summed E-state index contributed by atoms with van der Waals surface area (Å²) in [7, 11) is 1.62. The molecule has 0 bridgehead atoms. The van der Waals surface area contributed by atoms with Gasteiger partial charge in [-0.05, 0) is 0 Å². The Bertz CT molecular complexity index is 493. The number of amides is 2. The first-order valence-corrected chi connectivity index (χ1v) is 7.04. The van der Waals surface area contributed by atoms with Crippen LogP contribution in [-0.2, 0) is 16.1 Å². The van der Waals surface area contributed by atoms with Gasteiger partial charge < -0.3 is 10.2 Å². The van der Waals surface area contributed by atoms with Crippen molar-refractivity contribution >= 4 is 11.8 Å². The second-order valence-corrected chi connectivity index (χ2v) is 5.21. The SMILES string of the molecule is CNC(=O)[C@@H]1CN(Cc2cnccn2)CCN(C(C)=O)C1. The summed E-state index contributed by atoms with van der Waals surface area (Å²) in [5, 5.41) is 2.67. The first kappa shape index (κ1) is 15.4. The van der Waals surface area contributed by atoms with Crippen LogP contribution >= 0.6 is 0 Å². The third-order valence-electron chi connectivity index (χ3n) is 3.67. The molecule has 0 unspecified atom stereocenters. The van der Waals surface area contributed by atoms with Gasteiger partial charge in [0.05, 0.1) is 11.6 Å². The maximum absolute atomic E-state index is 12.0. The molecule has 1 aromatic rings. The monoisotopic (exact) mass is 291 g/mol. The maximum atomic E-state index is 12.0. The predicted octanol–water partition coefficient (Wildman–Crippen LogP) is -0.497. The number of rotatable bonds is 3. The van der Waals surface area contributed by atoms with Crippen LogP contribution in [0.15, 0.2) is 18.6 Å². The molecule has 21 heavy (non-hydrogen) atoms. The number of aromatic nitrogens is 2. The molecule has 1 aliphatic rings. The Kier molecular flexibility index (Phi) is 5.21. The average molecular weight is 291 g/mol. The van der Waals surface area contributed by atoms with Crippen molar-refractivity contribution in [3.05, 3.63) is 24.3 Å². The Morgan fingerprint density at radius 2 is 2.14 bits per heavy atom. The van der Waals surface area contributed by atoms with E-state index < -0.39 is 0 Å². The summed E-state index contributed by atoms with van der Waals surface area (Å²) < 4.78 is 0. The number of carbonyl (C=O) groups is 2. The molecule has 0 saturated carbocycles. The van der Waals surface area contributed by atoms with Gasteiger partial charge in [-0.15, -0.1) is 0 Å². The van der Waals surface area contributed by atoms with Gasteiger partial charge in [-0.1, -0.05) is 0 Å². The van der Waals surface area contributed by atoms with Gasteiger partial charge in [0.1, 0.15) is 0 Å². The quantitative estimate of drug-likeness (QED) is 0.812. The smallest absolute Gasteiger partial charge is 0.225 e. The lowest BCUT2D eigenvalue weighted by Gasteiger charge is -2.22. The number of hydrogen-bond acceptors (Lipinski definition) is 5. The largest absolute Gasteiger partial charge is 0.359 e. The van der Waals surface area contributed by atoms with E-state index in [4.69, 9.17) is 0 Å². The van der Waals surface area contributed by atoms with Gasteiger partial charge in [0, 0.05) is 65.3 Å². The van der Waals surface area contributed by atoms with Crippen molar-refractivity contribution in [1.82, 2.24) is 25.1 Å². The van der Waals surface area contributed by atoms with Gasteiger partial charge in [0.25, 0.3) is 0 Å². The lowest BCUT2D eigenvalue weighted by Crippen LogP contribution is -2.40. The molecular weight excluding hydrogens is 270 g/mol. The Labute approximate surface area is 124 Å². The lowest BCUT2D eigenvalue weighted by atomic mass is 10.1. The van der Waals surface area contributed by atoms with Crippen molar-refractivity contribution in [2.24, 2.45) is 5.92 Å². The highest BCUT2D eigenvalue weighted by molar-refractivity contribution is 5.80. The van der Waals surface area contributed by atoms with Crippen LogP contribution in [0.4, 0.5) is 0 Å². The summed E-state index contributed by atoms with van der Waals surface area (Å²) in [6.45, 7) is 4.60. The molecular formula is C14H21N5O2. The van der Waals surface area contributed by atoms with Crippen molar-refractivity contribution in [2.45, 2.75) is 13.5 Å². The molecule has 7 heteroatoms. The molecule has 0 aliphatic carbocycles. The Hall–Kier alpha value is -2.02. The minimum absolute atomic E-state index is 0.00487. The minimum atomic E-state index is -0.224. The molecule has 0 radical (unpaired) electrons. The Morgan fingerprint density at radius 1 is 1.33 bits per heavy atom. The Morgan fingerprint density at radius 3 is 2.76 bits per heavy atom. The summed E-state index contributed by atoms with van der Waals surface area (Å²) in [5.74, 6) is -0.254. The standard InChI is InChI=1S/C14H21N5O2/c1-11(20)19-6-5-18(8-12(9-19)14(21)15-2)10-13-7-16-3-4-17-13/h3-4,7,12H,5-6,8-10H2,1-2H3,(H,15,21)/t12-/m1/s1. The number of carbonyl (C=O) groups excluding carboxylic acids is 2. The average Bonchev–Trinajstić information content (AvgIpc) is 2.70. The van der Waals surface area contributed by atoms with Crippen molar-refractivity contribution < 1.29 is 9.59 Å². The van der Waals surface area contributed by atoms with E-state index in [-0.39, 0.29) is 17.7 Å². The van der Waals surface area contributed by atoms with Crippen molar-refractivity contribution in [1.29, 1.82) is 0 Å². The van der Waals surface area contributed by atoms with Crippen molar-refractivity contribution in [2.75, 3.05) is 33.2 Å². The Balaban J connectivity index is 2.08. The van der Waals surface area contributed by atoms with Crippen LogP contribution in [0.25, 0.3) is 0 Å². The summed E-state index contributed by atoms with van der Waals surface area (Å²) >= 11 is 0. The van der Waals surface area contributed by atoms with Crippen LogP contribution in [0.1, 0.15) is 12.6 Å². The van der Waals surface area contributed by atoms with Crippen molar-refractivity contribution in [3.8, 4) is 0 Å². The van der Waals surface area contributed by atoms with E-state index in [9.17, 15) is 9.59 Å². The zero-order chi connectivity index (χ0) is 15.2. The molecule has 1 saturated heterocycles. The fraction of sp³-hybridized carbons (Fsp3) is 0.571. The van der Waals surface area contributed by atoms with E-state index in [2.05, 4.69) is 20.2 Å².